The second kappa shape index (κ2) is 10.1. The number of hydrogen-bond donors (Lipinski definition) is 3. The van der Waals surface area contributed by atoms with Crippen molar-refractivity contribution in [1.82, 2.24) is 20.6 Å². The van der Waals surface area contributed by atoms with Gasteiger partial charge in [-0.1, -0.05) is 19.3 Å². The molecule has 3 rings (SSSR count). The highest BCUT2D eigenvalue weighted by Crippen LogP contribution is 2.34. The van der Waals surface area contributed by atoms with E-state index < -0.39 is 0 Å². The minimum absolute atomic E-state index is 0.232. The molecule has 7 nitrogen and oxygen atoms in total. The summed E-state index contributed by atoms with van der Waals surface area (Å²) in [4.78, 5) is 27.8. The standard InChI is InChI=1S/C20H34N4O3/c25-19(22-27)8-2-1-3-9-20(26)24-12-10-23(11-13-24)15-16-14-21-18-7-5-4-6-17(16)18/h14,17-18,21,27H,1-13,15H2,(H,22,25). The van der Waals surface area contributed by atoms with E-state index >= 15 is 0 Å². The lowest BCUT2D eigenvalue weighted by molar-refractivity contribution is -0.133. The lowest BCUT2D eigenvalue weighted by Gasteiger charge is -2.36. The molecule has 27 heavy (non-hydrogen) atoms. The summed E-state index contributed by atoms with van der Waals surface area (Å²) in [5.41, 5.74) is 3.20. The van der Waals surface area contributed by atoms with Crippen molar-refractivity contribution in [1.29, 1.82) is 0 Å². The zero-order valence-corrected chi connectivity index (χ0v) is 16.3. The number of unbranched alkanes of at least 4 members (excludes halogenated alkanes) is 2. The molecule has 2 heterocycles. The van der Waals surface area contributed by atoms with Crippen LogP contribution in [-0.2, 0) is 9.59 Å². The number of fused-ring (bicyclic) bond motifs is 1. The Labute approximate surface area is 162 Å². The van der Waals surface area contributed by atoms with Gasteiger partial charge in [-0.15, -0.1) is 0 Å². The fraction of sp³-hybridized carbons (Fsp3) is 0.800. The molecular formula is C20H34N4O3. The number of nitrogens with one attached hydrogen (secondary N) is 2. The summed E-state index contributed by atoms with van der Waals surface area (Å²) >= 11 is 0. The molecule has 2 atom stereocenters. The molecule has 0 aromatic carbocycles. The molecule has 1 saturated carbocycles. The molecule has 3 aliphatic rings. The van der Waals surface area contributed by atoms with Crippen LogP contribution in [0.3, 0.4) is 0 Å². The molecule has 0 aromatic heterocycles. The van der Waals surface area contributed by atoms with Gasteiger partial charge in [-0.25, -0.2) is 5.48 Å². The van der Waals surface area contributed by atoms with E-state index in [1.165, 1.54) is 25.7 Å². The van der Waals surface area contributed by atoms with Crippen molar-refractivity contribution < 1.29 is 14.8 Å². The lowest BCUT2D eigenvalue weighted by Crippen LogP contribution is -2.49. The van der Waals surface area contributed by atoms with E-state index in [-0.39, 0.29) is 11.8 Å². The Balaban J connectivity index is 1.30. The number of carbonyl (C=O) groups is 2. The lowest BCUT2D eigenvalue weighted by atomic mass is 9.82. The van der Waals surface area contributed by atoms with Crippen LogP contribution in [0.2, 0.25) is 0 Å². The Morgan fingerprint density at radius 1 is 1.07 bits per heavy atom. The molecular weight excluding hydrogens is 344 g/mol. The van der Waals surface area contributed by atoms with Gasteiger partial charge in [-0.2, -0.15) is 0 Å². The Kier molecular flexibility index (Phi) is 7.52. The number of carbonyl (C=O) groups excluding carboxylic acids is 2. The van der Waals surface area contributed by atoms with Gasteiger partial charge in [0.05, 0.1) is 0 Å². The third-order valence-electron chi connectivity index (χ3n) is 6.28. The van der Waals surface area contributed by atoms with Crippen molar-refractivity contribution in [2.24, 2.45) is 5.92 Å². The highest BCUT2D eigenvalue weighted by atomic mass is 16.5. The number of amides is 2. The smallest absolute Gasteiger partial charge is 0.243 e. The zero-order valence-electron chi connectivity index (χ0n) is 16.3. The third kappa shape index (κ3) is 5.69. The summed E-state index contributed by atoms with van der Waals surface area (Å²) in [6.45, 7) is 4.60. The van der Waals surface area contributed by atoms with Gasteiger partial charge in [-0.3, -0.25) is 19.7 Å². The van der Waals surface area contributed by atoms with Gasteiger partial charge in [0.2, 0.25) is 11.8 Å². The van der Waals surface area contributed by atoms with Crippen LogP contribution in [0.1, 0.15) is 57.8 Å². The summed E-state index contributed by atoms with van der Waals surface area (Å²) in [5, 5.41) is 12.0. The van der Waals surface area contributed by atoms with E-state index in [4.69, 9.17) is 5.21 Å². The first kappa shape index (κ1) is 20.1. The van der Waals surface area contributed by atoms with Crippen LogP contribution in [-0.4, -0.2) is 65.6 Å². The maximum absolute atomic E-state index is 12.4. The van der Waals surface area contributed by atoms with Crippen molar-refractivity contribution in [2.75, 3.05) is 32.7 Å². The van der Waals surface area contributed by atoms with Gasteiger partial charge in [0.25, 0.3) is 0 Å². The van der Waals surface area contributed by atoms with Crippen LogP contribution in [0.25, 0.3) is 0 Å². The van der Waals surface area contributed by atoms with Crippen LogP contribution in [0.5, 0.6) is 0 Å². The molecule has 0 radical (unpaired) electrons. The van der Waals surface area contributed by atoms with Crippen molar-refractivity contribution in [2.45, 2.75) is 63.8 Å². The topological polar surface area (TPSA) is 84.9 Å². The van der Waals surface area contributed by atoms with Gasteiger partial charge < -0.3 is 10.2 Å². The summed E-state index contributed by atoms with van der Waals surface area (Å²) in [6.07, 6.45) is 10.8. The Morgan fingerprint density at radius 2 is 1.81 bits per heavy atom. The van der Waals surface area contributed by atoms with Gasteiger partial charge in [0.15, 0.2) is 0 Å². The molecule has 2 unspecified atom stereocenters. The first-order valence-corrected chi connectivity index (χ1v) is 10.6. The summed E-state index contributed by atoms with van der Waals surface area (Å²) in [6, 6.07) is 0.667. The molecule has 2 amide bonds. The van der Waals surface area contributed by atoms with E-state index in [0.29, 0.717) is 25.3 Å². The highest BCUT2D eigenvalue weighted by molar-refractivity contribution is 5.76. The predicted octanol–water partition coefficient (Wildman–Crippen LogP) is 1.63. The molecule has 2 aliphatic heterocycles. The molecule has 0 spiro atoms. The van der Waals surface area contributed by atoms with E-state index in [1.54, 1.807) is 11.1 Å². The normalized spacial score (nSPS) is 25.5. The maximum atomic E-state index is 12.4. The summed E-state index contributed by atoms with van der Waals surface area (Å²) in [7, 11) is 0. The number of hydroxylamine groups is 1. The average Bonchev–Trinajstić information content (AvgIpc) is 3.11. The van der Waals surface area contributed by atoms with E-state index in [1.807, 2.05) is 4.90 Å². The fourth-order valence-corrected chi connectivity index (χ4v) is 4.62. The van der Waals surface area contributed by atoms with Gasteiger partial charge >= 0.3 is 0 Å². The quantitative estimate of drug-likeness (QED) is 0.340. The van der Waals surface area contributed by atoms with Crippen molar-refractivity contribution in [3.8, 4) is 0 Å². The van der Waals surface area contributed by atoms with E-state index in [2.05, 4.69) is 16.4 Å². The number of hydrogen-bond acceptors (Lipinski definition) is 5. The summed E-state index contributed by atoms with van der Waals surface area (Å²) < 4.78 is 0. The van der Waals surface area contributed by atoms with Crippen LogP contribution in [0.4, 0.5) is 0 Å². The minimum Gasteiger partial charge on any atom is -0.388 e. The van der Waals surface area contributed by atoms with Gasteiger partial charge in [0.1, 0.15) is 0 Å². The van der Waals surface area contributed by atoms with Gasteiger partial charge in [0, 0.05) is 57.5 Å². The first-order chi connectivity index (χ1) is 13.2. The molecule has 7 heteroatoms. The van der Waals surface area contributed by atoms with Gasteiger partial charge in [-0.05, 0) is 37.5 Å². The monoisotopic (exact) mass is 378 g/mol. The second-order valence-corrected chi connectivity index (χ2v) is 8.14. The minimum atomic E-state index is -0.357. The third-order valence-corrected chi connectivity index (χ3v) is 6.28. The molecule has 0 bridgehead atoms. The van der Waals surface area contributed by atoms with Crippen LogP contribution >= 0.6 is 0 Å². The SMILES string of the molecule is O=C(CCCCCC(=O)N1CCN(CC2=CNC3CCCCC23)CC1)NO. The Morgan fingerprint density at radius 3 is 2.59 bits per heavy atom. The molecule has 2 fully saturated rings. The number of rotatable bonds is 8. The largest absolute Gasteiger partial charge is 0.388 e. The zero-order chi connectivity index (χ0) is 19.1. The average molecular weight is 379 g/mol. The van der Waals surface area contributed by atoms with Crippen LogP contribution in [0, 0.1) is 5.92 Å². The molecule has 3 N–H and O–H groups in total. The van der Waals surface area contributed by atoms with Crippen molar-refractivity contribution >= 4 is 11.8 Å². The van der Waals surface area contributed by atoms with Crippen LogP contribution < -0.4 is 10.8 Å². The number of piperazine rings is 1. The second-order valence-electron chi connectivity index (χ2n) is 8.14. The molecule has 152 valence electrons. The Bertz CT molecular complexity index is 543. The van der Waals surface area contributed by atoms with E-state index in [0.717, 1.165) is 51.5 Å². The van der Waals surface area contributed by atoms with E-state index in [9.17, 15) is 9.59 Å². The highest BCUT2D eigenvalue weighted by Gasteiger charge is 2.32. The maximum Gasteiger partial charge on any atom is 0.243 e. The summed E-state index contributed by atoms with van der Waals surface area (Å²) in [5.74, 6) is 0.603. The molecule has 1 aliphatic carbocycles. The Hall–Kier alpha value is -1.60. The van der Waals surface area contributed by atoms with Crippen molar-refractivity contribution in [3.63, 3.8) is 0 Å². The number of nitrogens with zero attached hydrogens (tertiary/aromatic N) is 2. The van der Waals surface area contributed by atoms with Crippen molar-refractivity contribution in [3.05, 3.63) is 11.8 Å². The molecule has 1 saturated heterocycles. The fourth-order valence-electron chi connectivity index (χ4n) is 4.62. The molecule has 0 aromatic rings. The van der Waals surface area contributed by atoms with Crippen LogP contribution in [0.15, 0.2) is 11.8 Å². The first-order valence-electron chi connectivity index (χ1n) is 10.6. The predicted molar refractivity (Wildman–Crippen MR) is 103 cm³/mol.